The Labute approximate surface area is 179 Å². The SMILES string of the molecule is COc1cc(/C=C/C(=O)N[C@H](C(=O)O)C(C)C)ccc1OCc1c(F)cccc1Cl. The number of carboxylic acid groups (broad SMARTS) is 1. The van der Waals surface area contributed by atoms with E-state index in [9.17, 15) is 14.0 Å². The van der Waals surface area contributed by atoms with Crippen molar-refractivity contribution in [2.75, 3.05) is 7.11 Å². The summed E-state index contributed by atoms with van der Waals surface area (Å²) in [5.41, 5.74) is 0.870. The summed E-state index contributed by atoms with van der Waals surface area (Å²) in [5, 5.41) is 11.9. The van der Waals surface area contributed by atoms with E-state index >= 15 is 0 Å². The molecule has 0 bridgehead atoms. The predicted molar refractivity (Wildman–Crippen MR) is 112 cm³/mol. The Kier molecular flexibility index (Phi) is 8.24. The molecule has 0 aliphatic rings. The van der Waals surface area contributed by atoms with E-state index in [1.165, 1.54) is 31.4 Å². The first-order valence-corrected chi connectivity index (χ1v) is 9.55. The van der Waals surface area contributed by atoms with E-state index in [-0.39, 0.29) is 23.1 Å². The van der Waals surface area contributed by atoms with Gasteiger partial charge in [-0.25, -0.2) is 9.18 Å². The van der Waals surface area contributed by atoms with Crippen molar-refractivity contribution < 1.29 is 28.6 Å². The maximum atomic E-state index is 13.9. The normalized spacial score (nSPS) is 12.1. The van der Waals surface area contributed by atoms with Crippen molar-refractivity contribution in [2.45, 2.75) is 26.5 Å². The van der Waals surface area contributed by atoms with Crippen LogP contribution in [0, 0.1) is 11.7 Å². The summed E-state index contributed by atoms with van der Waals surface area (Å²) < 4.78 is 24.8. The number of hydrogen-bond acceptors (Lipinski definition) is 4. The van der Waals surface area contributed by atoms with E-state index in [4.69, 9.17) is 26.2 Å². The van der Waals surface area contributed by atoms with Crippen LogP contribution in [0.3, 0.4) is 0 Å². The average molecular weight is 436 g/mol. The van der Waals surface area contributed by atoms with Gasteiger partial charge in [-0.3, -0.25) is 4.79 Å². The fraction of sp³-hybridized carbons (Fsp3) is 0.273. The zero-order valence-corrected chi connectivity index (χ0v) is 17.6. The summed E-state index contributed by atoms with van der Waals surface area (Å²) in [5.74, 6) is -1.57. The summed E-state index contributed by atoms with van der Waals surface area (Å²) in [4.78, 5) is 23.2. The third kappa shape index (κ3) is 6.22. The molecule has 0 heterocycles. The Morgan fingerprint density at radius 1 is 1.23 bits per heavy atom. The fourth-order valence-corrected chi connectivity index (χ4v) is 2.83. The van der Waals surface area contributed by atoms with E-state index in [1.54, 1.807) is 38.1 Å². The van der Waals surface area contributed by atoms with Gasteiger partial charge in [0.05, 0.1) is 12.1 Å². The molecule has 2 N–H and O–H groups in total. The molecule has 0 unspecified atom stereocenters. The van der Waals surface area contributed by atoms with Crippen molar-refractivity contribution >= 4 is 29.6 Å². The van der Waals surface area contributed by atoms with Crippen LogP contribution < -0.4 is 14.8 Å². The number of ether oxygens (including phenoxy) is 2. The highest BCUT2D eigenvalue weighted by molar-refractivity contribution is 6.31. The second-order valence-electron chi connectivity index (χ2n) is 6.80. The van der Waals surface area contributed by atoms with Gasteiger partial charge in [0.1, 0.15) is 18.5 Å². The maximum Gasteiger partial charge on any atom is 0.326 e. The average Bonchev–Trinajstić information content (AvgIpc) is 2.70. The number of halogens is 2. The molecule has 0 saturated heterocycles. The van der Waals surface area contributed by atoms with Gasteiger partial charge in [0, 0.05) is 11.6 Å². The van der Waals surface area contributed by atoms with Crippen LogP contribution in [0.2, 0.25) is 5.02 Å². The number of aliphatic carboxylic acids is 1. The van der Waals surface area contributed by atoms with E-state index in [0.29, 0.717) is 17.1 Å². The van der Waals surface area contributed by atoms with Crippen LogP contribution in [0.15, 0.2) is 42.5 Å². The smallest absolute Gasteiger partial charge is 0.326 e. The summed E-state index contributed by atoms with van der Waals surface area (Å²) in [7, 11) is 1.46. The largest absolute Gasteiger partial charge is 0.493 e. The number of benzene rings is 2. The minimum atomic E-state index is -1.09. The Morgan fingerprint density at radius 2 is 1.97 bits per heavy atom. The summed E-state index contributed by atoms with van der Waals surface area (Å²) in [6.07, 6.45) is 2.77. The molecule has 0 radical (unpaired) electrons. The van der Waals surface area contributed by atoms with Crippen molar-refractivity contribution in [2.24, 2.45) is 5.92 Å². The first kappa shape index (κ1) is 23.2. The number of carbonyl (C=O) groups is 2. The monoisotopic (exact) mass is 435 g/mol. The third-order valence-electron chi connectivity index (χ3n) is 4.28. The molecule has 2 rings (SSSR count). The molecule has 8 heteroatoms. The lowest BCUT2D eigenvalue weighted by Crippen LogP contribution is -2.43. The Bertz CT molecular complexity index is 925. The van der Waals surface area contributed by atoms with E-state index in [0.717, 1.165) is 0 Å². The van der Waals surface area contributed by atoms with Crippen LogP contribution >= 0.6 is 11.6 Å². The van der Waals surface area contributed by atoms with E-state index < -0.39 is 23.7 Å². The number of carbonyl (C=O) groups excluding carboxylic acids is 1. The summed E-state index contributed by atoms with van der Waals surface area (Å²) in [6.45, 7) is 3.34. The van der Waals surface area contributed by atoms with Crippen LogP contribution in [-0.4, -0.2) is 30.1 Å². The number of carboxylic acids is 1. The first-order valence-electron chi connectivity index (χ1n) is 9.18. The van der Waals surface area contributed by atoms with E-state index in [2.05, 4.69) is 5.32 Å². The molecule has 160 valence electrons. The van der Waals surface area contributed by atoms with Gasteiger partial charge >= 0.3 is 5.97 Å². The molecule has 2 aromatic rings. The number of rotatable bonds is 9. The highest BCUT2D eigenvalue weighted by Crippen LogP contribution is 2.30. The zero-order chi connectivity index (χ0) is 22.3. The highest BCUT2D eigenvalue weighted by atomic mass is 35.5. The second-order valence-corrected chi connectivity index (χ2v) is 7.21. The molecular weight excluding hydrogens is 413 g/mol. The molecule has 30 heavy (non-hydrogen) atoms. The van der Waals surface area contributed by atoms with Crippen molar-refractivity contribution in [1.82, 2.24) is 5.32 Å². The van der Waals surface area contributed by atoms with Gasteiger partial charge < -0.3 is 19.9 Å². The summed E-state index contributed by atoms with van der Waals surface area (Å²) >= 11 is 6.01. The zero-order valence-electron chi connectivity index (χ0n) is 16.8. The molecule has 2 aromatic carbocycles. The van der Waals surface area contributed by atoms with Gasteiger partial charge in [-0.2, -0.15) is 0 Å². The molecule has 0 aliphatic heterocycles. The van der Waals surface area contributed by atoms with Gasteiger partial charge in [-0.05, 0) is 41.8 Å². The molecule has 0 fully saturated rings. The standard InChI is InChI=1S/C22H23ClFNO5/c1-13(2)21(22(27)28)25-20(26)10-8-14-7-9-18(19(11-14)29-3)30-12-15-16(23)5-4-6-17(15)24/h4-11,13,21H,12H2,1-3H3,(H,25,26)(H,27,28)/b10-8+/t21-/m0/s1. The molecule has 1 amide bonds. The first-order chi connectivity index (χ1) is 14.2. The Morgan fingerprint density at radius 3 is 2.57 bits per heavy atom. The van der Waals surface area contributed by atoms with Crippen LogP contribution in [0.25, 0.3) is 6.08 Å². The van der Waals surface area contributed by atoms with Gasteiger partial charge in [0.2, 0.25) is 5.91 Å². The van der Waals surface area contributed by atoms with Crippen LogP contribution in [-0.2, 0) is 16.2 Å². The third-order valence-corrected chi connectivity index (χ3v) is 4.63. The number of hydrogen-bond donors (Lipinski definition) is 2. The Balaban J connectivity index is 2.09. The number of methoxy groups -OCH3 is 1. The van der Waals surface area contributed by atoms with Gasteiger partial charge in [0.25, 0.3) is 0 Å². The van der Waals surface area contributed by atoms with Crippen LogP contribution in [0.1, 0.15) is 25.0 Å². The molecule has 6 nitrogen and oxygen atoms in total. The Hall–Kier alpha value is -3.06. The minimum Gasteiger partial charge on any atom is -0.493 e. The molecule has 1 atom stereocenters. The lowest BCUT2D eigenvalue weighted by atomic mass is 10.0. The minimum absolute atomic E-state index is 0.0781. The number of nitrogens with one attached hydrogen (secondary N) is 1. The molecule has 0 saturated carbocycles. The van der Waals surface area contributed by atoms with Crippen molar-refractivity contribution in [3.8, 4) is 11.5 Å². The van der Waals surface area contributed by atoms with Crippen LogP contribution in [0.5, 0.6) is 11.5 Å². The van der Waals surface area contributed by atoms with Crippen molar-refractivity contribution in [3.05, 3.63) is 64.4 Å². The fourth-order valence-electron chi connectivity index (χ4n) is 2.61. The lowest BCUT2D eigenvalue weighted by Gasteiger charge is -2.16. The summed E-state index contributed by atoms with van der Waals surface area (Å²) in [6, 6.07) is 8.36. The molecule has 0 aromatic heterocycles. The highest BCUT2D eigenvalue weighted by Gasteiger charge is 2.22. The van der Waals surface area contributed by atoms with Crippen molar-refractivity contribution in [3.63, 3.8) is 0 Å². The van der Waals surface area contributed by atoms with Gasteiger partial charge in [-0.1, -0.05) is 37.6 Å². The molecule has 0 spiro atoms. The van der Waals surface area contributed by atoms with Gasteiger partial charge in [0.15, 0.2) is 11.5 Å². The maximum absolute atomic E-state index is 13.9. The second kappa shape index (κ2) is 10.6. The lowest BCUT2D eigenvalue weighted by molar-refractivity contribution is -0.142. The van der Waals surface area contributed by atoms with Crippen LogP contribution in [0.4, 0.5) is 4.39 Å². The van der Waals surface area contributed by atoms with Crippen molar-refractivity contribution in [1.29, 1.82) is 0 Å². The molecule has 0 aliphatic carbocycles. The van der Waals surface area contributed by atoms with E-state index in [1.807, 2.05) is 0 Å². The predicted octanol–water partition coefficient (Wildman–Crippen LogP) is 4.31. The quantitative estimate of drug-likeness (QED) is 0.573. The molecular formula is C22H23ClFNO5. The van der Waals surface area contributed by atoms with Gasteiger partial charge in [-0.15, -0.1) is 0 Å². The number of amides is 1. The topological polar surface area (TPSA) is 84.9 Å².